The number of amides is 1. The molecular weight excluding hydrogens is 547 g/mol. The van der Waals surface area contributed by atoms with E-state index in [4.69, 9.17) is 0 Å². The van der Waals surface area contributed by atoms with Crippen LogP contribution in [-0.2, 0) is 16.4 Å². The van der Waals surface area contributed by atoms with Crippen molar-refractivity contribution in [2.75, 3.05) is 68.7 Å². The highest BCUT2D eigenvalue weighted by Gasteiger charge is 2.39. The number of hydrogen-bond donors (Lipinski definition) is 0. The Labute approximate surface area is 247 Å². The van der Waals surface area contributed by atoms with E-state index in [1.807, 2.05) is 0 Å². The highest BCUT2D eigenvalue weighted by molar-refractivity contribution is 5.76. The number of anilines is 2. The standard InChI is InChI=1S/C30H40F3N5O3.CH4/c1-29(2,3)23-7-9-24(10-8-23)36-18-16-34(17-19-36)13-4-6-28(39)37-15-5-14-35(20-21-37)25-11-12-27(38(40)41)26(22-25)30(31,32)33;/h7-12,22H,4-6,13-21H2,1-3H3;1H4. The molecule has 42 heavy (non-hydrogen) atoms. The molecule has 2 heterocycles. The van der Waals surface area contributed by atoms with Gasteiger partial charge in [0.05, 0.1) is 4.92 Å². The number of carbonyl (C=O) groups is 1. The average molecular weight is 592 g/mol. The summed E-state index contributed by atoms with van der Waals surface area (Å²) in [4.78, 5) is 31.3. The van der Waals surface area contributed by atoms with Gasteiger partial charge in [-0.05, 0) is 54.6 Å². The first-order chi connectivity index (χ1) is 19.3. The van der Waals surface area contributed by atoms with Crippen molar-refractivity contribution in [3.8, 4) is 0 Å². The van der Waals surface area contributed by atoms with Gasteiger partial charge in [-0.15, -0.1) is 0 Å². The molecule has 0 atom stereocenters. The second-order valence-corrected chi connectivity index (χ2v) is 11.9. The Kier molecular flexibility index (Phi) is 10.9. The van der Waals surface area contributed by atoms with Gasteiger partial charge in [0.25, 0.3) is 5.69 Å². The lowest BCUT2D eigenvalue weighted by Crippen LogP contribution is -2.46. The molecule has 2 aliphatic heterocycles. The van der Waals surface area contributed by atoms with Crippen molar-refractivity contribution in [3.05, 3.63) is 63.7 Å². The Morgan fingerprint density at radius 3 is 2.05 bits per heavy atom. The van der Waals surface area contributed by atoms with Gasteiger partial charge in [-0.25, -0.2) is 0 Å². The summed E-state index contributed by atoms with van der Waals surface area (Å²) >= 11 is 0. The molecule has 0 unspecified atom stereocenters. The zero-order valence-electron chi connectivity index (χ0n) is 24.1. The first kappa shape index (κ1) is 33.2. The molecule has 0 aliphatic carbocycles. The first-order valence-corrected chi connectivity index (χ1v) is 14.3. The number of alkyl halides is 3. The predicted octanol–water partition coefficient (Wildman–Crippen LogP) is 6.19. The van der Waals surface area contributed by atoms with E-state index in [1.165, 1.54) is 17.3 Å². The Hall–Kier alpha value is -3.34. The smallest absolute Gasteiger partial charge is 0.370 e. The van der Waals surface area contributed by atoms with Gasteiger partial charge in [0.15, 0.2) is 0 Å². The fourth-order valence-electron chi connectivity index (χ4n) is 5.55. The Morgan fingerprint density at radius 1 is 0.857 bits per heavy atom. The van der Waals surface area contributed by atoms with Crippen molar-refractivity contribution in [2.24, 2.45) is 0 Å². The maximum Gasteiger partial charge on any atom is 0.423 e. The number of piperazine rings is 1. The van der Waals surface area contributed by atoms with E-state index in [0.717, 1.165) is 51.3 Å². The van der Waals surface area contributed by atoms with Gasteiger partial charge >= 0.3 is 6.18 Å². The number of rotatable bonds is 7. The molecule has 8 nitrogen and oxygen atoms in total. The summed E-state index contributed by atoms with van der Waals surface area (Å²) in [5.41, 5.74) is 0.770. The third kappa shape index (κ3) is 8.36. The van der Waals surface area contributed by atoms with Crippen LogP contribution in [0, 0.1) is 10.1 Å². The molecule has 0 bridgehead atoms. The van der Waals surface area contributed by atoms with Crippen LogP contribution in [-0.4, -0.2) is 79.5 Å². The van der Waals surface area contributed by atoms with E-state index < -0.39 is 22.4 Å². The molecule has 11 heteroatoms. The van der Waals surface area contributed by atoms with E-state index in [1.54, 1.807) is 9.80 Å². The van der Waals surface area contributed by atoms with Crippen LogP contribution >= 0.6 is 0 Å². The predicted molar refractivity (Wildman–Crippen MR) is 161 cm³/mol. The van der Waals surface area contributed by atoms with Crippen LogP contribution < -0.4 is 9.80 Å². The maximum absolute atomic E-state index is 13.4. The maximum atomic E-state index is 13.4. The number of carbonyl (C=O) groups excluding carboxylic acids is 1. The van der Waals surface area contributed by atoms with Gasteiger partial charge in [0.2, 0.25) is 5.91 Å². The van der Waals surface area contributed by atoms with Crippen LogP contribution in [0.2, 0.25) is 0 Å². The number of nitro benzene ring substituents is 1. The lowest BCUT2D eigenvalue weighted by molar-refractivity contribution is -0.388. The molecule has 0 radical (unpaired) electrons. The van der Waals surface area contributed by atoms with Crippen molar-refractivity contribution < 1.29 is 22.9 Å². The molecule has 0 aromatic heterocycles. The van der Waals surface area contributed by atoms with Crippen LogP contribution in [0.1, 0.15) is 58.6 Å². The van der Waals surface area contributed by atoms with Gasteiger partial charge in [-0.3, -0.25) is 19.8 Å². The fourth-order valence-corrected chi connectivity index (χ4v) is 5.55. The average Bonchev–Trinajstić information content (AvgIpc) is 3.19. The Balaban J connectivity index is 0.00000484. The SMILES string of the molecule is C.CC(C)(C)c1ccc(N2CCN(CCCC(=O)N3CCCN(c4ccc([N+](=O)[O-])c(C(F)(F)F)c4)CC3)CC2)cc1. The molecule has 4 rings (SSSR count). The van der Waals surface area contributed by atoms with Crippen molar-refractivity contribution in [2.45, 2.75) is 59.1 Å². The molecule has 2 aromatic rings. The molecule has 0 N–H and O–H groups in total. The number of halogens is 3. The normalized spacial score (nSPS) is 17.0. The van der Waals surface area contributed by atoms with E-state index in [0.29, 0.717) is 39.0 Å². The van der Waals surface area contributed by atoms with Crippen LogP contribution in [0.4, 0.5) is 30.2 Å². The summed E-state index contributed by atoms with van der Waals surface area (Å²) in [6, 6.07) is 11.9. The first-order valence-electron chi connectivity index (χ1n) is 14.3. The van der Waals surface area contributed by atoms with Gasteiger partial charge < -0.3 is 14.7 Å². The van der Waals surface area contributed by atoms with E-state index >= 15 is 0 Å². The zero-order chi connectivity index (χ0) is 29.8. The van der Waals surface area contributed by atoms with Crippen molar-refractivity contribution in [1.29, 1.82) is 0 Å². The quantitative estimate of drug-likeness (QED) is 0.283. The summed E-state index contributed by atoms with van der Waals surface area (Å²) in [7, 11) is 0. The molecule has 2 fully saturated rings. The molecule has 0 spiro atoms. The van der Waals surface area contributed by atoms with Crippen LogP contribution in [0.15, 0.2) is 42.5 Å². The van der Waals surface area contributed by atoms with Crippen molar-refractivity contribution in [1.82, 2.24) is 9.80 Å². The molecule has 0 saturated carbocycles. The van der Waals surface area contributed by atoms with E-state index in [9.17, 15) is 28.1 Å². The van der Waals surface area contributed by atoms with Gasteiger partial charge in [0, 0.05) is 76.2 Å². The van der Waals surface area contributed by atoms with Crippen LogP contribution in [0.5, 0.6) is 0 Å². The van der Waals surface area contributed by atoms with Crippen LogP contribution in [0.3, 0.4) is 0 Å². The topological polar surface area (TPSA) is 73.2 Å². The van der Waals surface area contributed by atoms with E-state index in [-0.39, 0.29) is 24.4 Å². The van der Waals surface area contributed by atoms with Gasteiger partial charge in [-0.1, -0.05) is 40.3 Å². The van der Waals surface area contributed by atoms with Gasteiger partial charge in [0.1, 0.15) is 5.56 Å². The minimum Gasteiger partial charge on any atom is -0.370 e. The minimum absolute atomic E-state index is 0. The van der Waals surface area contributed by atoms with Crippen LogP contribution in [0.25, 0.3) is 0 Å². The summed E-state index contributed by atoms with van der Waals surface area (Å²) in [6.45, 7) is 13.1. The van der Waals surface area contributed by atoms with Crippen molar-refractivity contribution in [3.63, 3.8) is 0 Å². The molecule has 2 aromatic carbocycles. The largest absolute Gasteiger partial charge is 0.423 e. The monoisotopic (exact) mass is 591 g/mol. The summed E-state index contributed by atoms with van der Waals surface area (Å²) in [6.07, 6.45) is -3.01. The Morgan fingerprint density at radius 2 is 1.45 bits per heavy atom. The number of nitrogens with zero attached hydrogens (tertiary/aromatic N) is 5. The Bertz CT molecular complexity index is 1210. The molecule has 2 saturated heterocycles. The molecule has 232 valence electrons. The van der Waals surface area contributed by atoms with E-state index in [2.05, 4.69) is 54.8 Å². The molecule has 2 aliphatic rings. The molecular formula is C31H44F3N5O3. The lowest BCUT2D eigenvalue weighted by Gasteiger charge is -2.36. The fraction of sp³-hybridized carbons (Fsp3) is 0.581. The third-order valence-corrected chi connectivity index (χ3v) is 8.03. The summed E-state index contributed by atoms with van der Waals surface area (Å²) in [5.74, 6) is 0.0594. The number of benzene rings is 2. The minimum atomic E-state index is -4.82. The van der Waals surface area contributed by atoms with Crippen molar-refractivity contribution >= 4 is 23.0 Å². The second-order valence-electron chi connectivity index (χ2n) is 11.9. The summed E-state index contributed by atoms with van der Waals surface area (Å²) in [5, 5.41) is 11.1. The third-order valence-electron chi connectivity index (χ3n) is 8.03. The second kappa shape index (κ2) is 13.8. The summed E-state index contributed by atoms with van der Waals surface area (Å²) < 4.78 is 40.3. The highest BCUT2D eigenvalue weighted by atomic mass is 19.4. The van der Waals surface area contributed by atoms with Gasteiger partial charge in [-0.2, -0.15) is 13.2 Å². The highest BCUT2D eigenvalue weighted by Crippen LogP contribution is 2.38. The number of hydrogen-bond acceptors (Lipinski definition) is 6. The lowest BCUT2D eigenvalue weighted by atomic mass is 9.87. The molecule has 1 amide bonds. The zero-order valence-corrected chi connectivity index (χ0v) is 24.1. The number of nitro groups is 1.